The maximum atomic E-state index is 13.2. The lowest BCUT2D eigenvalue weighted by Gasteiger charge is -2.38. The Labute approximate surface area is 161 Å². The highest BCUT2D eigenvalue weighted by atomic mass is 32.2. The highest BCUT2D eigenvalue weighted by Crippen LogP contribution is 2.58. The van der Waals surface area contributed by atoms with Crippen molar-refractivity contribution in [1.29, 1.82) is 0 Å². The topological polar surface area (TPSA) is 66.4 Å². The normalized spacial score (nSPS) is 14.9. The van der Waals surface area contributed by atoms with Crippen LogP contribution in [0, 0.1) is 0 Å². The summed E-state index contributed by atoms with van der Waals surface area (Å²) in [6, 6.07) is 0. The lowest BCUT2D eigenvalue weighted by Crippen LogP contribution is -2.68. The molecule has 0 saturated heterocycles. The average molecular weight is 501 g/mol. The van der Waals surface area contributed by atoms with E-state index in [0.29, 0.717) is 0 Å². The van der Waals surface area contributed by atoms with Gasteiger partial charge in [0.05, 0.1) is 0 Å². The molecule has 0 rings (SSSR count). The summed E-state index contributed by atoms with van der Waals surface area (Å²) in [6.45, 7) is 0. The first-order valence-electron chi connectivity index (χ1n) is 7.38. The summed E-state index contributed by atoms with van der Waals surface area (Å²) in [4.78, 5) is 0. The van der Waals surface area contributed by atoms with E-state index in [1.165, 1.54) is 0 Å². The van der Waals surface area contributed by atoms with E-state index < -0.39 is 70.9 Å². The molecule has 30 heavy (non-hydrogen) atoms. The van der Waals surface area contributed by atoms with Gasteiger partial charge >= 0.3 is 45.2 Å². The van der Waals surface area contributed by atoms with E-state index in [-0.39, 0.29) is 0 Å². The van der Waals surface area contributed by atoms with Gasteiger partial charge in [-0.25, -0.2) is 0 Å². The average Bonchev–Trinajstić information content (AvgIpc) is 2.49. The van der Waals surface area contributed by atoms with E-state index in [1.807, 2.05) is 14.1 Å². The molecule has 0 aliphatic rings. The van der Waals surface area contributed by atoms with Crippen molar-refractivity contribution in [3.05, 3.63) is 0 Å². The van der Waals surface area contributed by atoms with Gasteiger partial charge in [0.2, 0.25) is 0 Å². The van der Waals surface area contributed by atoms with Crippen LogP contribution in [0.5, 0.6) is 0 Å². The zero-order valence-corrected chi connectivity index (χ0v) is 15.7. The van der Waals surface area contributed by atoms with Gasteiger partial charge in [-0.1, -0.05) is 0 Å². The molecule has 0 aliphatic carbocycles. The van der Waals surface area contributed by atoms with Gasteiger partial charge in [-0.2, -0.15) is 65.5 Å². The maximum Gasteiger partial charge on any atom is 0.438 e. The largest absolute Gasteiger partial charge is 0.438 e. The lowest BCUT2D eigenvalue weighted by atomic mass is 9.94. The van der Waals surface area contributed by atoms with Crippen LogP contribution in [-0.2, 0) is 10.1 Å². The monoisotopic (exact) mass is 501 g/mol. The molecule has 0 bridgehead atoms. The molecule has 4 nitrogen and oxygen atoms in total. The SMILES string of the molecule is CNC.O=S(=O)(O)C(F)(F)C(F)(F)C(F)(F)C(F)(F)C(F)(F)CCCCC(F)(F)F. The number of nitrogens with one attached hydrogen (secondary N) is 1. The van der Waals surface area contributed by atoms with Crippen molar-refractivity contribution >= 4 is 10.1 Å². The summed E-state index contributed by atoms with van der Waals surface area (Å²) in [5.74, 6) is -29.0. The van der Waals surface area contributed by atoms with Gasteiger partial charge < -0.3 is 5.32 Å². The zero-order chi connectivity index (χ0) is 25.0. The minimum absolute atomic E-state index is 1.31. The molecule has 0 fully saturated rings. The molecule has 0 atom stereocenters. The molecule has 0 aliphatic heterocycles. The van der Waals surface area contributed by atoms with Crippen molar-refractivity contribution in [2.45, 2.75) is 60.8 Å². The Morgan fingerprint density at radius 1 is 0.667 bits per heavy atom. The first-order valence-corrected chi connectivity index (χ1v) is 8.82. The Balaban J connectivity index is 0. The molecule has 0 aromatic carbocycles. The molecule has 0 aromatic rings. The molecule has 0 radical (unpaired) electrons. The van der Waals surface area contributed by atoms with Crippen molar-refractivity contribution in [1.82, 2.24) is 5.32 Å². The molecule has 0 heterocycles. The van der Waals surface area contributed by atoms with Crippen LogP contribution in [0.2, 0.25) is 0 Å². The number of halogens is 13. The summed E-state index contributed by atoms with van der Waals surface area (Å²) in [5.41, 5.74) is 0. The third-order valence-electron chi connectivity index (χ3n) is 3.14. The van der Waals surface area contributed by atoms with Crippen LogP contribution in [-0.4, -0.2) is 62.2 Å². The van der Waals surface area contributed by atoms with E-state index in [4.69, 9.17) is 4.55 Å². The van der Waals surface area contributed by atoms with Crippen LogP contribution in [0.3, 0.4) is 0 Å². The van der Waals surface area contributed by atoms with Gasteiger partial charge in [-0.15, -0.1) is 0 Å². The molecular formula is C12H16F13NO3S. The predicted octanol–water partition coefficient (Wildman–Crippen LogP) is 4.97. The van der Waals surface area contributed by atoms with Crippen molar-refractivity contribution in [2.24, 2.45) is 0 Å². The van der Waals surface area contributed by atoms with Gasteiger partial charge in [0.1, 0.15) is 0 Å². The Morgan fingerprint density at radius 2 is 1.00 bits per heavy atom. The van der Waals surface area contributed by atoms with Crippen molar-refractivity contribution in [2.75, 3.05) is 14.1 Å². The number of alkyl halides is 13. The van der Waals surface area contributed by atoms with Gasteiger partial charge in [0.25, 0.3) is 0 Å². The van der Waals surface area contributed by atoms with Crippen LogP contribution in [0.15, 0.2) is 0 Å². The van der Waals surface area contributed by atoms with Crippen LogP contribution in [0.4, 0.5) is 57.1 Å². The van der Waals surface area contributed by atoms with Gasteiger partial charge in [-0.3, -0.25) is 4.55 Å². The first-order chi connectivity index (χ1) is 12.9. The van der Waals surface area contributed by atoms with Gasteiger partial charge in [0.15, 0.2) is 0 Å². The second-order valence-electron chi connectivity index (χ2n) is 5.74. The molecule has 0 aromatic heterocycles. The Bertz CT molecular complexity index is 646. The first kappa shape index (κ1) is 31.1. The van der Waals surface area contributed by atoms with Crippen LogP contribution in [0.25, 0.3) is 0 Å². The predicted molar refractivity (Wildman–Crippen MR) is 75.8 cm³/mol. The molecule has 2 N–H and O–H groups in total. The minimum atomic E-state index is -7.73. The molecule has 184 valence electrons. The highest BCUT2D eigenvalue weighted by molar-refractivity contribution is 7.87. The standard InChI is InChI=1S/C10H9F13O3S.C2H7N/c11-5(12,3-1-2-4-6(13,14)15)7(16,17)8(18,19)9(20,21)10(22,23)27(24,25)26;1-3-2/h1-4H2,(H,24,25,26);3H,1-2H3. The highest BCUT2D eigenvalue weighted by Gasteiger charge is 2.88. The smallest absolute Gasteiger partial charge is 0.323 e. The second-order valence-corrected chi connectivity index (χ2v) is 7.20. The maximum absolute atomic E-state index is 13.2. The molecule has 0 spiro atoms. The summed E-state index contributed by atoms with van der Waals surface area (Å²) < 4.78 is 194. The zero-order valence-electron chi connectivity index (χ0n) is 14.9. The van der Waals surface area contributed by atoms with Crippen molar-refractivity contribution in [3.8, 4) is 0 Å². The number of rotatable bonds is 9. The van der Waals surface area contributed by atoms with Crippen LogP contribution in [0.1, 0.15) is 25.7 Å². The van der Waals surface area contributed by atoms with E-state index >= 15 is 0 Å². The summed E-state index contributed by atoms with van der Waals surface area (Å²) >= 11 is 0. The third kappa shape index (κ3) is 6.48. The van der Waals surface area contributed by atoms with Gasteiger partial charge in [-0.05, 0) is 26.9 Å². The van der Waals surface area contributed by atoms with E-state index in [0.717, 1.165) is 0 Å². The molecule has 18 heteroatoms. The number of hydrogen-bond donors (Lipinski definition) is 2. The summed E-state index contributed by atoms with van der Waals surface area (Å²) in [6.07, 6.45) is -12.1. The molecule has 0 unspecified atom stereocenters. The Kier molecular flexibility index (Phi) is 9.99. The number of unbranched alkanes of at least 4 members (excludes halogenated alkanes) is 1. The van der Waals surface area contributed by atoms with E-state index in [2.05, 4.69) is 5.32 Å². The van der Waals surface area contributed by atoms with E-state index in [1.54, 1.807) is 0 Å². The molecular weight excluding hydrogens is 485 g/mol. The minimum Gasteiger partial charge on any atom is -0.323 e. The fourth-order valence-electron chi connectivity index (χ4n) is 1.60. The Hall–Kier alpha value is -1.04. The lowest BCUT2D eigenvalue weighted by molar-refractivity contribution is -0.390. The van der Waals surface area contributed by atoms with Gasteiger partial charge in [0, 0.05) is 12.8 Å². The van der Waals surface area contributed by atoms with Crippen molar-refractivity contribution in [3.63, 3.8) is 0 Å². The number of hydrogen-bond acceptors (Lipinski definition) is 3. The Morgan fingerprint density at radius 3 is 1.30 bits per heavy atom. The molecule has 0 amide bonds. The quantitative estimate of drug-likeness (QED) is 0.266. The fourth-order valence-corrected chi connectivity index (χ4v) is 2.05. The van der Waals surface area contributed by atoms with Crippen molar-refractivity contribution < 1.29 is 70.0 Å². The van der Waals surface area contributed by atoms with E-state index in [9.17, 15) is 65.5 Å². The molecule has 0 saturated carbocycles. The summed E-state index contributed by atoms with van der Waals surface area (Å²) in [7, 11) is -3.70. The summed E-state index contributed by atoms with van der Waals surface area (Å²) in [5, 5.41) is -4.54. The van der Waals surface area contributed by atoms with Crippen LogP contribution < -0.4 is 5.32 Å². The second kappa shape index (κ2) is 9.62. The fraction of sp³-hybridized carbons (Fsp3) is 1.00. The van der Waals surface area contributed by atoms with Crippen LogP contribution >= 0.6 is 0 Å². The third-order valence-corrected chi connectivity index (χ3v) is 4.04.